The Morgan fingerprint density at radius 3 is 2.72 bits per heavy atom. The van der Waals surface area contributed by atoms with E-state index in [1.165, 1.54) is 11.8 Å². The highest BCUT2D eigenvalue weighted by Gasteiger charge is 2.10. The van der Waals surface area contributed by atoms with E-state index in [9.17, 15) is 4.79 Å². The van der Waals surface area contributed by atoms with E-state index in [0.717, 1.165) is 0 Å². The molecule has 0 amide bonds. The average Bonchev–Trinajstić information content (AvgIpc) is 2.38. The van der Waals surface area contributed by atoms with Crippen molar-refractivity contribution in [2.75, 3.05) is 25.2 Å². The van der Waals surface area contributed by atoms with Crippen molar-refractivity contribution in [3.8, 4) is 11.5 Å². The molecular weight excluding hydrogens is 254 g/mol. The lowest BCUT2D eigenvalue weighted by atomic mass is 10.3. The molecule has 0 aliphatic carbocycles. The molecule has 0 bridgehead atoms. The molecule has 0 aromatic heterocycles. The van der Waals surface area contributed by atoms with E-state index in [1.54, 1.807) is 7.11 Å². The fraction of sp³-hybridized carbons (Fsp3) is 0.417. The number of carbonyl (C=O) groups is 1. The Bertz CT molecular complexity index is 386. The minimum absolute atomic E-state index is 0.380. The summed E-state index contributed by atoms with van der Waals surface area (Å²) in [4.78, 5) is 10.5. The predicted molar refractivity (Wildman–Crippen MR) is 71.4 cm³/mol. The zero-order valence-corrected chi connectivity index (χ0v) is 11.0. The van der Waals surface area contributed by atoms with Crippen LogP contribution in [-0.2, 0) is 4.79 Å². The van der Waals surface area contributed by atoms with Crippen LogP contribution in [0.3, 0.4) is 0 Å². The zero-order chi connectivity index (χ0) is 13.4. The number of benzene rings is 1. The molecule has 3 N–H and O–H groups in total. The number of rotatable bonds is 8. The van der Waals surface area contributed by atoms with Crippen molar-refractivity contribution in [3.05, 3.63) is 24.3 Å². The number of carboxylic acid groups (broad SMARTS) is 1. The van der Waals surface area contributed by atoms with E-state index in [2.05, 4.69) is 0 Å². The van der Waals surface area contributed by atoms with Crippen LogP contribution in [0.25, 0.3) is 0 Å². The monoisotopic (exact) mass is 271 g/mol. The second-order valence-electron chi connectivity index (χ2n) is 3.52. The third-order valence-electron chi connectivity index (χ3n) is 2.17. The standard InChI is InChI=1S/C12H17NO4S/c1-16-10-4-2-3-5-11(10)17-6-7-18-8-9(13)12(14)15/h2-5,9H,6-8,13H2,1H3,(H,14,15). The molecule has 1 atom stereocenters. The fourth-order valence-electron chi connectivity index (χ4n) is 1.23. The van der Waals surface area contributed by atoms with Gasteiger partial charge in [0, 0.05) is 11.5 Å². The molecule has 1 aromatic rings. The van der Waals surface area contributed by atoms with Crippen molar-refractivity contribution in [2.24, 2.45) is 5.73 Å². The van der Waals surface area contributed by atoms with Gasteiger partial charge in [0.05, 0.1) is 13.7 Å². The maximum atomic E-state index is 10.5. The second-order valence-corrected chi connectivity index (χ2v) is 4.67. The largest absolute Gasteiger partial charge is 0.493 e. The lowest BCUT2D eigenvalue weighted by Gasteiger charge is -2.10. The maximum absolute atomic E-state index is 10.5. The summed E-state index contributed by atoms with van der Waals surface area (Å²) in [5.41, 5.74) is 5.37. The fourth-order valence-corrected chi connectivity index (χ4v) is 1.99. The number of thioether (sulfide) groups is 1. The highest BCUT2D eigenvalue weighted by molar-refractivity contribution is 7.99. The third-order valence-corrected chi connectivity index (χ3v) is 3.22. The first-order valence-corrected chi connectivity index (χ1v) is 6.62. The number of ether oxygens (including phenoxy) is 2. The molecule has 0 fully saturated rings. The van der Waals surface area contributed by atoms with Crippen molar-refractivity contribution in [3.63, 3.8) is 0 Å². The van der Waals surface area contributed by atoms with Crippen molar-refractivity contribution in [1.82, 2.24) is 0 Å². The van der Waals surface area contributed by atoms with Gasteiger partial charge in [0.25, 0.3) is 0 Å². The predicted octanol–water partition coefficient (Wildman–Crippen LogP) is 1.22. The molecule has 6 heteroatoms. The van der Waals surface area contributed by atoms with Gasteiger partial charge in [-0.25, -0.2) is 0 Å². The Labute approximate surface area is 110 Å². The van der Waals surface area contributed by atoms with Gasteiger partial charge in [0.1, 0.15) is 6.04 Å². The van der Waals surface area contributed by atoms with E-state index in [1.807, 2.05) is 24.3 Å². The van der Waals surface area contributed by atoms with E-state index >= 15 is 0 Å². The number of hydrogen-bond donors (Lipinski definition) is 2. The quantitative estimate of drug-likeness (QED) is 0.692. The molecule has 1 rings (SSSR count). The first-order chi connectivity index (χ1) is 8.65. The van der Waals surface area contributed by atoms with Crippen molar-refractivity contribution in [1.29, 1.82) is 0 Å². The lowest BCUT2D eigenvalue weighted by molar-refractivity contribution is -0.137. The first kappa shape index (κ1) is 14.7. The average molecular weight is 271 g/mol. The molecule has 0 radical (unpaired) electrons. The van der Waals surface area contributed by atoms with E-state index in [-0.39, 0.29) is 0 Å². The Hall–Kier alpha value is -1.40. The minimum atomic E-state index is -0.979. The normalized spacial score (nSPS) is 11.9. The van der Waals surface area contributed by atoms with Gasteiger partial charge in [-0.3, -0.25) is 4.79 Å². The second kappa shape index (κ2) is 7.84. The van der Waals surface area contributed by atoms with Crippen molar-refractivity contribution < 1.29 is 19.4 Å². The number of hydrogen-bond acceptors (Lipinski definition) is 5. The van der Waals surface area contributed by atoms with E-state index < -0.39 is 12.0 Å². The number of nitrogens with two attached hydrogens (primary N) is 1. The van der Waals surface area contributed by atoms with Gasteiger partial charge in [0.15, 0.2) is 11.5 Å². The molecule has 5 nitrogen and oxygen atoms in total. The van der Waals surface area contributed by atoms with E-state index in [4.69, 9.17) is 20.3 Å². The highest BCUT2D eigenvalue weighted by atomic mass is 32.2. The summed E-state index contributed by atoms with van der Waals surface area (Å²) in [6.45, 7) is 0.484. The van der Waals surface area contributed by atoms with Gasteiger partial charge in [-0.15, -0.1) is 0 Å². The summed E-state index contributed by atoms with van der Waals surface area (Å²) in [5.74, 6) is 1.45. The smallest absolute Gasteiger partial charge is 0.321 e. The summed E-state index contributed by atoms with van der Waals surface area (Å²) >= 11 is 1.45. The Morgan fingerprint density at radius 2 is 2.11 bits per heavy atom. The van der Waals surface area contributed by atoms with Crippen molar-refractivity contribution in [2.45, 2.75) is 6.04 Å². The summed E-state index contributed by atoms with van der Waals surface area (Å²) in [6, 6.07) is 6.56. The molecule has 0 saturated carbocycles. The van der Waals surface area contributed by atoms with Crippen LogP contribution in [0.15, 0.2) is 24.3 Å². The van der Waals surface area contributed by atoms with E-state index in [0.29, 0.717) is 29.6 Å². The summed E-state index contributed by atoms with van der Waals surface area (Å²) in [5, 5.41) is 8.60. The number of para-hydroxylation sites is 2. The molecule has 0 saturated heterocycles. The molecule has 1 unspecified atom stereocenters. The lowest BCUT2D eigenvalue weighted by Crippen LogP contribution is -2.32. The number of aliphatic carboxylic acids is 1. The van der Waals surface area contributed by atoms with Crippen molar-refractivity contribution >= 4 is 17.7 Å². The molecule has 0 heterocycles. The molecular formula is C12H17NO4S. The van der Waals surface area contributed by atoms with Gasteiger partial charge < -0.3 is 20.3 Å². The molecule has 0 aliphatic rings. The summed E-state index contributed by atoms with van der Waals surface area (Å²) < 4.78 is 10.7. The highest BCUT2D eigenvalue weighted by Crippen LogP contribution is 2.25. The molecule has 1 aromatic carbocycles. The van der Waals surface area contributed by atoms with Crippen LogP contribution in [-0.4, -0.2) is 42.3 Å². The maximum Gasteiger partial charge on any atom is 0.321 e. The Morgan fingerprint density at radius 1 is 1.44 bits per heavy atom. The van der Waals surface area contributed by atoms with Gasteiger partial charge in [-0.05, 0) is 12.1 Å². The molecule has 0 aliphatic heterocycles. The Balaban J connectivity index is 2.24. The van der Waals surface area contributed by atoms with Gasteiger partial charge in [-0.2, -0.15) is 11.8 Å². The Kier molecular flexibility index (Phi) is 6.38. The molecule has 0 spiro atoms. The van der Waals surface area contributed by atoms with Crippen LogP contribution in [0, 0.1) is 0 Å². The summed E-state index contributed by atoms with van der Waals surface area (Å²) in [6.07, 6.45) is 0. The molecule has 100 valence electrons. The van der Waals surface area contributed by atoms with Crippen LogP contribution < -0.4 is 15.2 Å². The van der Waals surface area contributed by atoms with Crippen LogP contribution in [0.1, 0.15) is 0 Å². The summed E-state index contributed by atoms with van der Waals surface area (Å²) in [7, 11) is 1.59. The minimum Gasteiger partial charge on any atom is -0.493 e. The van der Waals surface area contributed by atoms with Crippen LogP contribution >= 0.6 is 11.8 Å². The zero-order valence-electron chi connectivity index (χ0n) is 10.2. The first-order valence-electron chi connectivity index (χ1n) is 5.47. The number of carboxylic acids is 1. The van der Waals surface area contributed by atoms with Crippen LogP contribution in [0.2, 0.25) is 0 Å². The SMILES string of the molecule is COc1ccccc1OCCSCC(N)C(=O)O. The van der Waals surface area contributed by atoms with Gasteiger partial charge in [0.2, 0.25) is 0 Å². The number of methoxy groups -OCH3 is 1. The third kappa shape index (κ3) is 4.85. The van der Waals surface area contributed by atoms with Gasteiger partial charge in [-0.1, -0.05) is 12.1 Å². The van der Waals surface area contributed by atoms with Gasteiger partial charge >= 0.3 is 5.97 Å². The molecule has 18 heavy (non-hydrogen) atoms. The topological polar surface area (TPSA) is 81.8 Å². The van der Waals surface area contributed by atoms with Crippen LogP contribution in [0.5, 0.6) is 11.5 Å². The van der Waals surface area contributed by atoms with Crippen LogP contribution in [0.4, 0.5) is 0 Å².